The average molecular weight is 470 g/mol. The van der Waals surface area contributed by atoms with Gasteiger partial charge in [0, 0.05) is 24.5 Å². The number of aliphatic imine (C=N–C) groups is 1. The van der Waals surface area contributed by atoms with Crippen molar-refractivity contribution in [2.45, 2.75) is 6.61 Å². The van der Waals surface area contributed by atoms with E-state index in [1.54, 1.807) is 19.3 Å². The predicted molar refractivity (Wildman–Crippen MR) is 127 cm³/mol. The van der Waals surface area contributed by atoms with Crippen LogP contribution in [0.1, 0.15) is 11.1 Å². The Morgan fingerprint density at radius 1 is 1.16 bits per heavy atom. The van der Waals surface area contributed by atoms with E-state index in [0.717, 1.165) is 11.1 Å². The molecule has 0 N–H and O–H groups in total. The number of nitrogens with zero attached hydrogens (tertiary/aromatic N) is 3. The summed E-state index contributed by atoms with van der Waals surface area (Å²) >= 11 is 13.4. The van der Waals surface area contributed by atoms with E-state index < -0.39 is 0 Å². The zero-order valence-corrected chi connectivity index (χ0v) is 18.8. The SMILES string of the molecule is CN1C(=O)/C(=C/c2cccc(OCc3ccc(Cl)cc3)c2)SC1=Nc1ccncc1Cl. The van der Waals surface area contributed by atoms with Gasteiger partial charge in [0.2, 0.25) is 0 Å². The van der Waals surface area contributed by atoms with Crippen molar-refractivity contribution in [3.05, 3.63) is 93.1 Å². The summed E-state index contributed by atoms with van der Waals surface area (Å²) in [6, 6.07) is 16.8. The second kappa shape index (κ2) is 9.56. The summed E-state index contributed by atoms with van der Waals surface area (Å²) < 4.78 is 5.88. The van der Waals surface area contributed by atoms with E-state index in [4.69, 9.17) is 27.9 Å². The number of amides is 1. The summed E-state index contributed by atoms with van der Waals surface area (Å²) in [4.78, 5) is 23.2. The number of carbonyl (C=O) groups excluding carboxylic acids is 1. The van der Waals surface area contributed by atoms with Crippen LogP contribution in [-0.4, -0.2) is 28.0 Å². The molecule has 1 amide bonds. The second-order valence-electron chi connectivity index (χ2n) is 6.68. The molecule has 2 aromatic carbocycles. The lowest BCUT2D eigenvalue weighted by Gasteiger charge is -2.08. The maximum absolute atomic E-state index is 12.7. The van der Waals surface area contributed by atoms with Crippen LogP contribution in [0.5, 0.6) is 5.75 Å². The van der Waals surface area contributed by atoms with Crippen molar-refractivity contribution in [2.75, 3.05) is 7.05 Å². The first-order chi connectivity index (χ1) is 15.0. The molecule has 0 spiro atoms. The van der Waals surface area contributed by atoms with Crippen LogP contribution in [0.15, 0.2) is 76.9 Å². The molecule has 0 aliphatic carbocycles. The first-order valence-corrected chi connectivity index (χ1v) is 10.9. The summed E-state index contributed by atoms with van der Waals surface area (Å²) in [5.74, 6) is 0.590. The van der Waals surface area contributed by atoms with Crippen molar-refractivity contribution in [2.24, 2.45) is 4.99 Å². The van der Waals surface area contributed by atoms with E-state index in [1.165, 1.54) is 22.9 Å². The molecule has 1 aliphatic heterocycles. The van der Waals surface area contributed by atoms with Crippen molar-refractivity contribution in [3.63, 3.8) is 0 Å². The minimum absolute atomic E-state index is 0.124. The van der Waals surface area contributed by atoms with Crippen molar-refractivity contribution in [3.8, 4) is 5.75 Å². The number of halogens is 2. The van der Waals surface area contributed by atoms with Gasteiger partial charge in [-0.15, -0.1) is 0 Å². The number of pyridine rings is 1. The molecule has 1 saturated heterocycles. The van der Waals surface area contributed by atoms with Crippen molar-refractivity contribution >= 4 is 57.8 Å². The van der Waals surface area contributed by atoms with Gasteiger partial charge < -0.3 is 4.74 Å². The van der Waals surface area contributed by atoms with Gasteiger partial charge in [-0.1, -0.05) is 47.5 Å². The van der Waals surface area contributed by atoms with E-state index in [1.807, 2.05) is 54.6 Å². The van der Waals surface area contributed by atoms with Crippen LogP contribution in [0, 0.1) is 0 Å². The molecule has 0 unspecified atom stereocenters. The van der Waals surface area contributed by atoms with Gasteiger partial charge >= 0.3 is 0 Å². The first-order valence-electron chi connectivity index (χ1n) is 9.33. The number of benzene rings is 2. The Hall–Kier alpha value is -2.80. The standard InChI is InChI=1S/C23H17Cl2N3O2S/c1-28-22(29)21(31-23(28)27-20-9-10-26-13-19(20)25)12-16-3-2-4-18(11-16)30-14-15-5-7-17(24)8-6-15/h2-13H,14H2,1H3/b21-12-,27-23?. The zero-order valence-electron chi connectivity index (χ0n) is 16.5. The number of aromatic nitrogens is 1. The Kier molecular flexibility index (Phi) is 6.61. The molecule has 1 fully saturated rings. The highest BCUT2D eigenvalue weighted by atomic mass is 35.5. The predicted octanol–water partition coefficient (Wildman–Crippen LogP) is 6.20. The van der Waals surface area contributed by atoms with Gasteiger partial charge in [0.15, 0.2) is 5.17 Å². The van der Waals surface area contributed by atoms with Crippen LogP contribution < -0.4 is 4.74 Å². The lowest BCUT2D eigenvalue weighted by atomic mass is 10.2. The Labute approximate surface area is 194 Å². The van der Waals surface area contributed by atoms with Crippen LogP contribution >= 0.6 is 35.0 Å². The fraction of sp³-hybridized carbons (Fsp3) is 0.0870. The summed E-state index contributed by atoms with van der Waals surface area (Å²) in [5.41, 5.74) is 2.45. The third-order valence-corrected chi connectivity index (χ3v) is 6.05. The van der Waals surface area contributed by atoms with Gasteiger partial charge in [0.1, 0.15) is 12.4 Å². The zero-order chi connectivity index (χ0) is 21.8. The number of hydrogen-bond donors (Lipinski definition) is 0. The van der Waals surface area contributed by atoms with E-state index in [9.17, 15) is 4.79 Å². The van der Waals surface area contributed by atoms with E-state index in [-0.39, 0.29) is 5.91 Å². The van der Waals surface area contributed by atoms with Gasteiger partial charge in [-0.3, -0.25) is 14.7 Å². The van der Waals surface area contributed by atoms with Crippen LogP contribution in [-0.2, 0) is 11.4 Å². The number of ether oxygens (including phenoxy) is 1. The van der Waals surface area contributed by atoms with Crippen molar-refractivity contribution in [1.29, 1.82) is 0 Å². The van der Waals surface area contributed by atoms with E-state index >= 15 is 0 Å². The lowest BCUT2D eigenvalue weighted by molar-refractivity contribution is -0.121. The number of likely N-dealkylation sites (N-methyl/N-ethyl adjacent to an activating group) is 1. The molecule has 31 heavy (non-hydrogen) atoms. The largest absolute Gasteiger partial charge is 0.489 e. The first kappa shape index (κ1) is 21.4. The van der Waals surface area contributed by atoms with Crippen LogP contribution in [0.4, 0.5) is 5.69 Å². The van der Waals surface area contributed by atoms with Gasteiger partial charge in [-0.2, -0.15) is 0 Å². The third-order valence-electron chi connectivity index (χ3n) is 4.45. The molecule has 1 aliphatic rings. The minimum atomic E-state index is -0.124. The molecule has 156 valence electrons. The molecular formula is C23H17Cl2N3O2S. The van der Waals surface area contributed by atoms with Gasteiger partial charge in [0.05, 0.1) is 15.6 Å². The molecule has 0 saturated carbocycles. The molecule has 2 heterocycles. The summed E-state index contributed by atoms with van der Waals surface area (Å²) in [6.07, 6.45) is 4.96. The van der Waals surface area contributed by atoms with E-state index in [2.05, 4.69) is 9.98 Å². The highest BCUT2D eigenvalue weighted by molar-refractivity contribution is 8.18. The van der Waals surface area contributed by atoms with Gasteiger partial charge in [-0.05, 0) is 59.3 Å². The summed E-state index contributed by atoms with van der Waals surface area (Å²) in [7, 11) is 1.69. The molecule has 0 atom stereocenters. The smallest absolute Gasteiger partial charge is 0.266 e. The number of amidine groups is 1. The quantitative estimate of drug-likeness (QED) is 0.417. The Morgan fingerprint density at radius 3 is 2.74 bits per heavy atom. The monoisotopic (exact) mass is 469 g/mol. The molecule has 0 radical (unpaired) electrons. The normalized spacial score (nSPS) is 16.4. The molecule has 1 aromatic heterocycles. The lowest BCUT2D eigenvalue weighted by Crippen LogP contribution is -2.23. The molecule has 0 bridgehead atoms. The molecule has 8 heteroatoms. The Balaban J connectivity index is 1.50. The number of carbonyl (C=O) groups is 1. The second-order valence-corrected chi connectivity index (χ2v) is 8.54. The number of thioether (sulfide) groups is 1. The van der Waals surface area contributed by atoms with E-state index in [0.29, 0.717) is 38.2 Å². The Morgan fingerprint density at radius 2 is 1.97 bits per heavy atom. The van der Waals surface area contributed by atoms with Crippen LogP contribution in [0.25, 0.3) is 6.08 Å². The highest BCUT2D eigenvalue weighted by Crippen LogP contribution is 2.34. The number of hydrogen-bond acceptors (Lipinski definition) is 5. The fourth-order valence-electron chi connectivity index (χ4n) is 2.81. The summed E-state index contributed by atoms with van der Waals surface area (Å²) in [6.45, 7) is 0.428. The third kappa shape index (κ3) is 5.28. The van der Waals surface area contributed by atoms with Crippen LogP contribution in [0.3, 0.4) is 0 Å². The molecular weight excluding hydrogens is 453 g/mol. The number of rotatable bonds is 5. The van der Waals surface area contributed by atoms with Crippen molar-refractivity contribution < 1.29 is 9.53 Å². The molecule has 5 nitrogen and oxygen atoms in total. The minimum Gasteiger partial charge on any atom is -0.489 e. The Bertz CT molecular complexity index is 1180. The highest BCUT2D eigenvalue weighted by Gasteiger charge is 2.30. The van der Waals surface area contributed by atoms with Crippen molar-refractivity contribution in [1.82, 2.24) is 9.88 Å². The topological polar surface area (TPSA) is 54.8 Å². The van der Waals surface area contributed by atoms with Crippen LogP contribution in [0.2, 0.25) is 10.0 Å². The van der Waals surface area contributed by atoms with Gasteiger partial charge in [0.25, 0.3) is 5.91 Å². The molecule has 3 aromatic rings. The summed E-state index contributed by atoms with van der Waals surface area (Å²) in [5, 5.41) is 1.68. The molecule has 4 rings (SSSR count). The average Bonchev–Trinajstić information content (AvgIpc) is 3.03. The fourth-order valence-corrected chi connectivity index (χ4v) is 4.07. The maximum Gasteiger partial charge on any atom is 0.266 e. The van der Waals surface area contributed by atoms with Gasteiger partial charge in [-0.25, -0.2) is 4.99 Å². The maximum atomic E-state index is 12.7.